The normalized spacial score (nSPS) is 11.0. The molecule has 3 N–H and O–H groups in total. The summed E-state index contributed by atoms with van der Waals surface area (Å²) in [6, 6.07) is 9.52. The number of hydrogen-bond acceptors (Lipinski definition) is 4. The highest BCUT2D eigenvalue weighted by molar-refractivity contribution is 5.99. The summed E-state index contributed by atoms with van der Waals surface area (Å²) in [6.45, 7) is 5.76. The number of nitrogens with one attached hydrogen (secondary N) is 3. The Morgan fingerprint density at radius 1 is 1.22 bits per heavy atom. The van der Waals surface area contributed by atoms with E-state index < -0.39 is 0 Å². The van der Waals surface area contributed by atoms with Crippen molar-refractivity contribution >= 4 is 28.3 Å². The van der Waals surface area contributed by atoms with E-state index >= 15 is 0 Å². The second kappa shape index (κ2) is 6.08. The number of benzene rings is 1. The first-order chi connectivity index (χ1) is 11.0. The van der Waals surface area contributed by atoms with Crippen molar-refractivity contribution in [1.29, 1.82) is 0 Å². The van der Waals surface area contributed by atoms with Gasteiger partial charge in [0, 0.05) is 22.8 Å². The highest BCUT2D eigenvalue weighted by Crippen LogP contribution is 2.22. The summed E-state index contributed by atoms with van der Waals surface area (Å²) in [5.74, 6) is 0.408. The maximum atomic E-state index is 12.3. The van der Waals surface area contributed by atoms with Crippen molar-refractivity contribution in [2.24, 2.45) is 0 Å². The molecule has 0 radical (unpaired) electrons. The fraction of sp³-hybridized carbons (Fsp3) is 0.235. The lowest BCUT2D eigenvalue weighted by atomic mass is 10.2. The van der Waals surface area contributed by atoms with Crippen molar-refractivity contribution in [2.45, 2.75) is 26.8 Å². The first-order valence-electron chi connectivity index (χ1n) is 7.51. The van der Waals surface area contributed by atoms with E-state index in [1.165, 1.54) is 0 Å². The lowest BCUT2D eigenvalue weighted by molar-refractivity contribution is 0.0943. The summed E-state index contributed by atoms with van der Waals surface area (Å²) in [6.07, 6.45) is 1.76. The van der Waals surface area contributed by atoms with Crippen molar-refractivity contribution in [3.05, 3.63) is 47.8 Å². The minimum absolute atomic E-state index is 0.0685. The topological polar surface area (TPSA) is 82.7 Å². The minimum atomic E-state index is -0.139. The fourth-order valence-corrected chi connectivity index (χ4v) is 2.33. The lowest BCUT2D eigenvalue weighted by Crippen LogP contribution is -2.30. The molecule has 6 heteroatoms. The molecule has 0 saturated heterocycles. The van der Waals surface area contributed by atoms with Crippen molar-refractivity contribution in [3.8, 4) is 0 Å². The van der Waals surface area contributed by atoms with Crippen LogP contribution in [0.1, 0.15) is 29.9 Å². The van der Waals surface area contributed by atoms with E-state index in [2.05, 4.69) is 25.8 Å². The van der Waals surface area contributed by atoms with Crippen molar-refractivity contribution < 1.29 is 4.79 Å². The Hall–Kier alpha value is -2.89. The summed E-state index contributed by atoms with van der Waals surface area (Å²) in [7, 11) is 0. The van der Waals surface area contributed by atoms with Gasteiger partial charge in [-0.3, -0.25) is 9.89 Å². The van der Waals surface area contributed by atoms with E-state index in [9.17, 15) is 4.79 Å². The minimum Gasteiger partial charge on any atom is -0.350 e. The highest BCUT2D eigenvalue weighted by Gasteiger charge is 2.14. The molecule has 0 aliphatic carbocycles. The number of aromatic nitrogens is 3. The van der Waals surface area contributed by atoms with Gasteiger partial charge in [-0.1, -0.05) is 0 Å². The standard InChI is InChI=1S/C17H19N5O/c1-10(2)19-17(23)14-6-4-11(3)20-16(14)21-13-5-7-15-12(8-13)9-18-22-15/h4-10H,1-3H3,(H,18,22)(H,19,23)(H,20,21). The van der Waals surface area contributed by atoms with Gasteiger partial charge in [0.1, 0.15) is 5.82 Å². The third-order valence-electron chi connectivity index (χ3n) is 3.40. The van der Waals surface area contributed by atoms with Crippen LogP contribution in [-0.4, -0.2) is 27.1 Å². The number of carbonyl (C=O) groups is 1. The average Bonchev–Trinajstić information content (AvgIpc) is 2.94. The van der Waals surface area contributed by atoms with E-state index in [1.54, 1.807) is 12.3 Å². The number of anilines is 2. The molecule has 118 valence electrons. The number of hydrogen-bond donors (Lipinski definition) is 3. The van der Waals surface area contributed by atoms with E-state index in [4.69, 9.17) is 0 Å². The third-order valence-corrected chi connectivity index (χ3v) is 3.40. The van der Waals surface area contributed by atoms with Gasteiger partial charge in [0.15, 0.2) is 0 Å². The zero-order valence-electron chi connectivity index (χ0n) is 13.3. The van der Waals surface area contributed by atoms with E-state index in [1.807, 2.05) is 45.0 Å². The zero-order valence-corrected chi connectivity index (χ0v) is 13.3. The van der Waals surface area contributed by atoms with Crippen LogP contribution in [0.25, 0.3) is 10.9 Å². The van der Waals surface area contributed by atoms with Gasteiger partial charge >= 0.3 is 0 Å². The third kappa shape index (κ3) is 3.31. The molecule has 3 aromatic rings. The number of nitrogens with zero attached hydrogens (tertiary/aromatic N) is 2. The van der Waals surface area contributed by atoms with E-state index in [0.717, 1.165) is 22.3 Å². The summed E-state index contributed by atoms with van der Waals surface area (Å²) in [5, 5.41) is 14.1. The van der Waals surface area contributed by atoms with Gasteiger partial charge < -0.3 is 10.6 Å². The monoisotopic (exact) mass is 309 g/mol. The molecule has 3 rings (SSSR count). The number of aryl methyl sites for hydroxylation is 1. The molecule has 0 saturated carbocycles. The average molecular weight is 309 g/mol. The predicted octanol–water partition coefficient (Wildman–Crippen LogP) is 3.15. The van der Waals surface area contributed by atoms with Crippen LogP contribution in [0.4, 0.5) is 11.5 Å². The molecule has 1 aromatic carbocycles. The quantitative estimate of drug-likeness (QED) is 0.691. The molecule has 0 atom stereocenters. The number of fused-ring (bicyclic) bond motifs is 1. The molecular weight excluding hydrogens is 290 g/mol. The maximum absolute atomic E-state index is 12.3. The molecule has 6 nitrogen and oxygen atoms in total. The highest BCUT2D eigenvalue weighted by atomic mass is 16.1. The fourth-order valence-electron chi connectivity index (χ4n) is 2.33. The van der Waals surface area contributed by atoms with Gasteiger partial charge in [0.05, 0.1) is 17.3 Å². The van der Waals surface area contributed by atoms with Gasteiger partial charge in [-0.25, -0.2) is 4.98 Å². The molecule has 0 fully saturated rings. The molecule has 2 aromatic heterocycles. The smallest absolute Gasteiger partial charge is 0.255 e. The summed E-state index contributed by atoms with van der Waals surface area (Å²) in [5.41, 5.74) is 3.19. The van der Waals surface area contributed by atoms with Gasteiger partial charge in [0.2, 0.25) is 0 Å². The van der Waals surface area contributed by atoms with Crippen LogP contribution in [0.15, 0.2) is 36.5 Å². The van der Waals surface area contributed by atoms with Crippen molar-refractivity contribution in [3.63, 3.8) is 0 Å². The summed E-state index contributed by atoms with van der Waals surface area (Å²) in [4.78, 5) is 16.8. The molecule has 1 amide bonds. The number of carbonyl (C=O) groups excluding carboxylic acids is 1. The molecule has 0 spiro atoms. The number of amides is 1. The first-order valence-corrected chi connectivity index (χ1v) is 7.51. The molecule has 0 aliphatic heterocycles. The van der Waals surface area contributed by atoms with Crippen LogP contribution in [0.3, 0.4) is 0 Å². The van der Waals surface area contributed by atoms with E-state index in [-0.39, 0.29) is 11.9 Å². The molecule has 0 aliphatic rings. The van der Waals surface area contributed by atoms with Gasteiger partial charge in [-0.15, -0.1) is 0 Å². The largest absolute Gasteiger partial charge is 0.350 e. The van der Waals surface area contributed by atoms with Crippen LogP contribution < -0.4 is 10.6 Å². The summed E-state index contributed by atoms with van der Waals surface area (Å²) >= 11 is 0. The Morgan fingerprint density at radius 2 is 2.04 bits per heavy atom. The Labute approximate surface area is 134 Å². The Kier molecular flexibility index (Phi) is 3.97. The van der Waals surface area contributed by atoms with Crippen molar-refractivity contribution in [2.75, 3.05) is 5.32 Å². The van der Waals surface area contributed by atoms with Crippen LogP contribution >= 0.6 is 0 Å². The SMILES string of the molecule is Cc1ccc(C(=O)NC(C)C)c(Nc2ccc3[nH]ncc3c2)n1. The first kappa shape index (κ1) is 15.0. The lowest BCUT2D eigenvalue weighted by Gasteiger charge is -2.14. The molecular formula is C17H19N5O. The number of rotatable bonds is 4. The van der Waals surface area contributed by atoms with Crippen LogP contribution in [-0.2, 0) is 0 Å². The van der Waals surface area contributed by atoms with Crippen LogP contribution in [0.5, 0.6) is 0 Å². The second-order valence-electron chi connectivity index (χ2n) is 5.77. The molecule has 0 unspecified atom stereocenters. The van der Waals surface area contributed by atoms with Gasteiger partial charge in [0.25, 0.3) is 5.91 Å². The maximum Gasteiger partial charge on any atom is 0.255 e. The molecule has 2 heterocycles. The van der Waals surface area contributed by atoms with Gasteiger partial charge in [-0.2, -0.15) is 5.10 Å². The summed E-state index contributed by atoms with van der Waals surface area (Å²) < 4.78 is 0. The van der Waals surface area contributed by atoms with E-state index in [0.29, 0.717) is 11.4 Å². The Morgan fingerprint density at radius 3 is 2.83 bits per heavy atom. The van der Waals surface area contributed by atoms with Crippen LogP contribution in [0, 0.1) is 6.92 Å². The number of H-pyrrole nitrogens is 1. The number of aromatic amines is 1. The Balaban J connectivity index is 1.94. The van der Waals surface area contributed by atoms with Crippen LogP contribution in [0.2, 0.25) is 0 Å². The van der Waals surface area contributed by atoms with Gasteiger partial charge in [-0.05, 0) is 51.1 Å². The second-order valence-corrected chi connectivity index (χ2v) is 5.77. The molecule has 23 heavy (non-hydrogen) atoms. The Bertz CT molecular complexity index is 853. The van der Waals surface area contributed by atoms with Crippen molar-refractivity contribution in [1.82, 2.24) is 20.5 Å². The molecule has 0 bridgehead atoms. The predicted molar refractivity (Wildman–Crippen MR) is 91.0 cm³/mol. The zero-order chi connectivity index (χ0) is 16.4. The number of pyridine rings is 1.